The van der Waals surface area contributed by atoms with Gasteiger partial charge in [0.05, 0.1) is 11.3 Å². The highest BCUT2D eigenvalue weighted by Crippen LogP contribution is 2.26. The largest absolute Gasteiger partial charge is 0.289 e. The van der Waals surface area contributed by atoms with Gasteiger partial charge in [0.25, 0.3) is 0 Å². The molecule has 0 N–H and O–H groups in total. The third-order valence-electron chi connectivity index (χ3n) is 2.21. The Hall–Kier alpha value is -3.15. The molecule has 1 aromatic heterocycles. The molecule has 0 atom stereocenters. The van der Waals surface area contributed by atoms with Gasteiger partial charge in [-0.2, -0.15) is 0 Å². The van der Waals surface area contributed by atoms with Gasteiger partial charge in [-0.1, -0.05) is 10.2 Å². The molecule has 0 radical (unpaired) electrons. The van der Waals surface area contributed by atoms with E-state index in [4.69, 9.17) is 11.1 Å². The van der Waals surface area contributed by atoms with Gasteiger partial charge in [-0.25, -0.2) is 0 Å². The van der Waals surface area contributed by atoms with E-state index in [-0.39, 0.29) is 11.3 Å². The van der Waals surface area contributed by atoms with Gasteiger partial charge in [0.2, 0.25) is 5.78 Å². The molecule has 0 bridgehead atoms. The van der Waals surface area contributed by atoms with E-state index in [0.717, 1.165) is 0 Å². The maximum absolute atomic E-state index is 11.9. The first-order chi connectivity index (χ1) is 8.70. The van der Waals surface area contributed by atoms with Crippen molar-refractivity contribution in [2.24, 2.45) is 10.2 Å². The summed E-state index contributed by atoms with van der Waals surface area (Å²) in [5, 5.41) is 6.21. The third kappa shape index (κ3) is 1.57. The lowest BCUT2D eigenvalue weighted by molar-refractivity contribution is 0.0968. The zero-order chi connectivity index (χ0) is 13.1. The lowest BCUT2D eigenvalue weighted by Crippen LogP contribution is -2.21. The van der Waals surface area contributed by atoms with E-state index in [1.54, 1.807) is 0 Å². The van der Waals surface area contributed by atoms with Crippen LogP contribution in [-0.4, -0.2) is 16.6 Å². The quantitative estimate of drug-likeness (QED) is 0.444. The second kappa shape index (κ2) is 4.38. The Morgan fingerprint density at radius 3 is 2.28 bits per heavy atom. The Labute approximate surface area is 99.0 Å². The fraction of sp³-hybridized carbons (Fsp3) is 0. The first kappa shape index (κ1) is 11.3. The van der Waals surface area contributed by atoms with Gasteiger partial charge in [0, 0.05) is 16.0 Å². The van der Waals surface area contributed by atoms with Crippen LogP contribution in [0.1, 0.15) is 20.8 Å². The average Bonchev–Trinajstić information content (AvgIpc) is 2.40. The van der Waals surface area contributed by atoms with Crippen molar-refractivity contribution in [2.75, 3.05) is 0 Å². The van der Waals surface area contributed by atoms with Crippen molar-refractivity contribution in [3.05, 3.63) is 61.9 Å². The van der Waals surface area contributed by atoms with Gasteiger partial charge in [-0.3, -0.25) is 14.6 Å². The Morgan fingerprint density at radius 1 is 1.06 bits per heavy atom. The van der Waals surface area contributed by atoms with Crippen molar-refractivity contribution in [2.45, 2.75) is 0 Å². The number of hydrogen-bond acceptors (Lipinski definition) is 5. The van der Waals surface area contributed by atoms with Gasteiger partial charge >= 0.3 is 0 Å². The molecule has 2 rings (SSSR count). The van der Waals surface area contributed by atoms with Crippen LogP contribution in [0.25, 0.3) is 20.9 Å². The van der Waals surface area contributed by atoms with Crippen LogP contribution < -0.4 is 0 Å². The van der Waals surface area contributed by atoms with Gasteiger partial charge in [-0.05, 0) is 23.2 Å². The molecule has 1 aliphatic carbocycles. The number of carbonyl (C=O) groups excluding carboxylic acids is 2. The maximum atomic E-state index is 11.9. The van der Waals surface area contributed by atoms with Crippen LogP contribution in [0.5, 0.6) is 0 Å². The molecule has 0 amide bonds. The van der Waals surface area contributed by atoms with E-state index in [1.807, 2.05) is 0 Å². The molecule has 1 aromatic rings. The van der Waals surface area contributed by atoms with Crippen LogP contribution in [-0.2, 0) is 0 Å². The number of carbonyl (C=O) groups is 2. The van der Waals surface area contributed by atoms with Crippen molar-refractivity contribution < 1.29 is 9.59 Å². The lowest BCUT2D eigenvalue weighted by Gasteiger charge is -2.13. The van der Waals surface area contributed by atoms with E-state index in [2.05, 4.69) is 25.0 Å². The summed E-state index contributed by atoms with van der Waals surface area (Å²) in [6.07, 6.45) is 1.33. The number of hydrogen-bond donors (Lipinski definition) is 0. The third-order valence-corrected chi connectivity index (χ3v) is 2.21. The Morgan fingerprint density at radius 2 is 1.67 bits per heavy atom. The van der Waals surface area contributed by atoms with Crippen molar-refractivity contribution in [1.82, 2.24) is 4.98 Å². The van der Waals surface area contributed by atoms with Gasteiger partial charge in [-0.15, -0.1) is 0 Å². The normalized spacial score (nSPS) is 13.6. The van der Waals surface area contributed by atoms with E-state index < -0.39 is 23.0 Å². The zero-order valence-electron chi connectivity index (χ0n) is 8.68. The van der Waals surface area contributed by atoms with Crippen LogP contribution in [0.2, 0.25) is 0 Å². The molecular weight excluding hydrogens is 238 g/mol. The van der Waals surface area contributed by atoms with Gasteiger partial charge in [0.15, 0.2) is 5.78 Å². The van der Waals surface area contributed by atoms with Crippen LogP contribution >= 0.6 is 0 Å². The molecule has 0 aromatic carbocycles. The van der Waals surface area contributed by atoms with E-state index in [9.17, 15) is 9.59 Å². The molecule has 9 heteroatoms. The highest BCUT2D eigenvalue weighted by atomic mass is 16.1. The molecule has 0 fully saturated rings. The topological polar surface area (TPSA) is 145 Å². The number of aromatic nitrogens is 1. The molecule has 0 spiro atoms. The second-order valence-electron chi connectivity index (χ2n) is 3.13. The summed E-state index contributed by atoms with van der Waals surface area (Å²) in [5.41, 5.74) is 15.6. The van der Waals surface area contributed by atoms with Crippen molar-refractivity contribution in [1.29, 1.82) is 0 Å². The molecule has 1 heterocycles. The number of azide groups is 2. The summed E-state index contributed by atoms with van der Waals surface area (Å²) in [4.78, 5) is 32.5. The number of pyridine rings is 1. The monoisotopic (exact) mass is 241 g/mol. The Kier molecular flexibility index (Phi) is 2.76. The predicted octanol–water partition coefficient (Wildman–Crippen LogP) is 2.29. The Balaban J connectivity index is 2.79. The molecule has 1 aliphatic rings. The molecule has 9 nitrogen and oxygen atoms in total. The molecule has 0 saturated carbocycles. The minimum atomic E-state index is -0.745. The SMILES string of the molecule is [N-]=[N+]=NC1=C(N=[N+]=[N-])C(=O)c2ncccc2C1=O. The summed E-state index contributed by atoms with van der Waals surface area (Å²) in [7, 11) is 0. The second-order valence-corrected chi connectivity index (χ2v) is 3.13. The van der Waals surface area contributed by atoms with E-state index in [1.165, 1.54) is 18.3 Å². The molecule has 0 aliphatic heterocycles. The highest BCUT2D eigenvalue weighted by Gasteiger charge is 2.31. The number of rotatable bonds is 2. The molecular formula is C9H3N7O2. The summed E-state index contributed by atoms with van der Waals surface area (Å²) in [5.74, 6) is -1.44. The van der Waals surface area contributed by atoms with E-state index >= 15 is 0 Å². The molecule has 0 unspecified atom stereocenters. The smallest absolute Gasteiger partial charge is 0.215 e. The number of allylic oxidation sites excluding steroid dienone is 2. The predicted molar refractivity (Wildman–Crippen MR) is 58.2 cm³/mol. The standard InChI is InChI=1S/C9H3N7O2/c10-15-13-6-7(14-16-11)9(18)5-4(8(6)17)2-1-3-12-5/h1-3H. The van der Waals surface area contributed by atoms with Crippen LogP contribution in [0.4, 0.5) is 0 Å². The van der Waals surface area contributed by atoms with Crippen molar-refractivity contribution in [3.8, 4) is 0 Å². The maximum Gasteiger partial charge on any atom is 0.215 e. The number of fused-ring (bicyclic) bond motifs is 1. The number of nitrogens with zero attached hydrogens (tertiary/aromatic N) is 7. The average molecular weight is 241 g/mol. The minimum Gasteiger partial charge on any atom is -0.289 e. The van der Waals surface area contributed by atoms with Crippen LogP contribution in [0, 0.1) is 0 Å². The molecule has 0 saturated heterocycles. The number of ketones is 2. The van der Waals surface area contributed by atoms with Crippen LogP contribution in [0.15, 0.2) is 40.0 Å². The first-order valence-corrected chi connectivity index (χ1v) is 4.59. The fourth-order valence-electron chi connectivity index (χ4n) is 1.50. The minimum absolute atomic E-state index is 0.0155. The van der Waals surface area contributed by atoms with Crippen LogP contribution in [0.3, 0.4) is 0 Å². The van der Waals surface area contributed by atoms with Crippen molar-refractivity contribution >= 4 is 11.6 Å². The van der Waals surface area contributed by atoms with Crippen molar-refractivity contribution in [3.63, 3.8) is 0 Å². The number of Topliss-reactive ketones (excluding diaryl/α,β-unsaturated/α-hetero) is 2. The summed E-state index contributed by atoms with van der Waals surface area (Å²) < 4.78 is 0. The molecule has 18 heavy (non-hydrogen) atoms. The lowest BCUT2D eigenvalue weighted by atomic mass is 9.95. The summed E-state index contributed by atoms with van der Waals surface area (Å²) in [6.45, 7) is 0. The molecule has 86 valence electrons. The van der Waals surface area contributed by atoms with Gasteiger partial charge in [0.1, 0.15) is 11.4 Å². The fourth-order valence-corrected chi connectivity index (χ4v) is 1.50. The van der Waals surface area contributed by atoms with Gasteiger partial charge < -0.3 is 0 Å². The zero-order valence-corrected chi connectivity index (χ0v) is 8.68. The first-order valence-electron chi connectivity index (χ1n) is 4.59. The summed E-state index contributed by atoms with van der Waals surface area (Å²) in [6, 6.07) is 2.85. The Bertz CT molecular complexity index is 634. The van der Waals surface area contributed by atoms with E-state index in [0.29, 0.717) is 0 Å². The highest BCUT2D eigenvalue weighted by molar-refractivity contribution is 6.25. The summed E-state index contributed by atoms with van der Waals surface area (Å²) >= 11 is 0.